The minimum atomic E-state index is -0.469. The summed E-state index contributed by atoms with van der Waals surface area (Å²) in [5.41, 5.74) is -0.469. The molecule has 17 heavy (non-hydrogen) atoms. The van der Waals surface area contributed by atoms with Crippen molar-refractivity contribution in [2.24, 2.45) is 5.92 Å². The first-order valence-corrected chi connectivity index (χ1v) is 6.53. The molecule has 4 nitrogen and oxygen atoms in total. The minimum Gasteiger partial charge on any atom is -0.444 e. The van der Waals surface area contributed by atoms with E-state index in [0.717, 1.165) is 25.7 Å². The van der Waals surface area contributed by atoms with E-state index in [-0.39, 0.29) is 24.7 Å². The molecule has 0 aliphatic heterocycles. The number of rotatable bonds is 2. The highest BCUT2D eigenvalue weighted by atomic mass is 16.6. The van der Waals surface area contributed by atoms with Crippen molar-refractivity contribution >= 4 is 6.09 Å². The summed E-state index contributed by atoms with van der Waals surface area (Å²) >= 11 is 0. The zero-order valence-corrected chi connectivity index (χ0v) is 11.2. The maximum Gasteiger partial charge on any atom is 0.407 e. The Hall–Kier alpha value is -0.770. The molecule has 1 amide bonds. The molecule has 0 heterocycles. The van der Waals surface area contributed by atoms with E-state index in [9.17, 15) is 9.90 Å². The quantitative estimate of drug-likeness (QED) is 0.732. The first-order valence-electron chi connectivity index (χ1n) is 6.53. The normalized spacial score (nSPS) is 26.1. The predicted molar refractivity (Wildman–Crippen MR) is 66.8 cm³/mol. The number of carbonyl (C=O) groups is 1. The molecule has 0 spiro atoms. The summed E-state index contributed by atoms with van der Waals surface area (Å²) in [6.07, 6.45) is 4.97. The zero-order valence-electron chi connectivity index (χ0n) is 11.2. The largest absolute Gasteiger partial charge is 0.444 e. The van der Waals surface area contributed by atoms with Crippen LogP contribution >= 0.6 is 0 Å². The van der Waals surface area contributed by atoms with E-state index in [0.29, 0.717) is 0 Å². The Kier molecular flexibility index (Phi) is 5.25. The van der Waals surface area contributed by atoms with E-state index in [4.69, 9.17) is 4.74 Å². The molecule has 0 unspecified atom stereocenters. The lowest BCUT2D eigenvalue weighted by Crippen LogP contribution is -2.43. The van der Waals surface area contributed by atoms with Gasteiger partial charge in [-0.1, -0.05) is 19.3 Å². The second-order valence-electron chi connectivity index (χ2n) is 5.83. The molecule has 0 aromatic heterocycles. The molecule has 100 valence electrons. The first kappa shape index (κ1) is 14.3. The average molecular weight is 243 g/mol. The Morgan fingerprint density at radius 2 is 1.94 bits per heavy atom. The number of amides is 1. The van der Waals surface area contributed by atoms with Gasteiger partial charge in [0.2, 0.25) is 0 Å². The number of ether oxygens (including phenoxy) is 1. The fraction of sp³-hybridized carbons (Fsp3) is 0.923. The van der Waals surface area contributed by atoms with E-state index < -0.39 is 5.60 Å². The first-order chi connectivity index (χ1) is 7.92. The molecule has 1 fully saturated rings. The average Bonchev–Trinajstić information content (AvgIpc) is 2.39. The van der Waals surface area contributed by atoms with Gasteiger partial charge in [-0.2, -0.15) is 0 Å². The van der Waals surface area contributed by atoms with Crippen LogP contribution in [0.1, 0.15) is 52.9 Å². The summed E-state index contributed by atoms with van der Waals surface area (Å²) in [6, 6.07) is 0.0531. The SMILES string of the molecule is CC(C)(C)OC(=O)N[C@@H]1CCCCC[C@H]1CO. The summed E-state index contributed by atoms with van der Waals surface area (Å²) in [5.74, 6) is 0.171. The Labute approximate surface area is 104 Å². The van der Waals surface area contributed by atoms with Crippen LogP contribution in [0, 0.1) is 5.92 Å². The van der Waals surface area contributed by atoms with Crippen LogP contribution in [0.3, 0.4) is 0 Å². The van der Waals surface area contributed by atoms with Gasteiger partial charge in [0.05, 0.1) is 0 Å². The third kappa shape index (κ3) is 5.39. The molecule has 4 heteroatoms. The molecule has 1 aliphatic carbocycles. The lowest BCUT2D eigenvalue weighted by molar-refractivity contribution is 0.0467. The van der Waals surface area contributed by atoms with Gasteiger partial charge in [-0.25, -0.2) is 4.79 Å². The van der Waals surface area contributed by atoms with Gasteiger partial charge in [0.25, 0.3) is 0 Å². The number of alkyl carbamates (subject to hydrolysis) is 1. The third-order valence-corrected chi connectivity index (χ3v) is 3.10. The summed E-state index contributed by atoms with van der Waals surface area (Å²) < 4.78 is 5.24. The summed E-state index contributed by atoms with van der Waals surface area (Å²) in [4.78, 5) is 11.7. The van der Waals surface area contributed by atoms with E-state index in [1.54, 1.807) is 0 Å². The standard InChI is InChI=1S/C13H25NO3/c1-13(2,3)17-12(16)14-11-8-6-4-5-7-10(11)9-15/h10-11,15H,4-9H2,1-3H3,(H,14,16)/t10-,11+/m0/s1. The number of aliphatic hydroxyl groups is 1. The zero-order chi connectivity index (χ0) is 12.9. The van der Waals surface area contributed by atoms with E-state index >= 15 is 0 Å². The van der Waals surface area contributed by atoms with Gasteiger partial charge in [-0.05, 0) is 33.6 Å². The Bertz CT molecular complexity index is 248. The lowest BCUT2D eigenvalue weighted by atomic mass is 9.96. The summed E-state index contributed by atoms with van der Waals surface area (Å²) in [7, 11) is 0. The molecule has 2 atom stereocenters. The maximum atomic E-state index is 11.7. The van der Waals surface area contributed by atoms with Crippen LogP contribution in [0.25, 0.3) is 0 Å². The van der Waals surface area contributed by atoms with Gasteiger partial charge < -0.3 is 15.2 Å². The summed E-state index contributed by atoms with van der Waals surface area (Å²) in [5, 5.41) is 12.2. The molecule has 0 saturated heterocycles. The van der Waals surface area contributed by atoms with E-state index in [1.165, 1.54) is 6.42 Å². The number of aliphatic hydroxyl groups excluding tert-OH is 1. The smallest absolute Gasteiger partial charge is 0.407 e. The number of carbonyl (C=O) groups excluding carboxylic acids is 1. The highest BCUT2D eigenvalue weighted by Crippen LogP contribution is 2.23. The fourth-order valence-electron chi connectivity index (χ4n) is 2.25. The Balaban J connectivity index is 2.49. The summed E-state index contributed by atoms with van der Waals surface area (Å²) in [6.45, 7) is 5.69. The van der Waals surface area contributed by atoms with E-state index in [1.807, 2.05) is 20.8 Å². The topological polar surface area (TPSA) is 58.6 Å². The van der Waals surface area contributed by atoms with Crippen LogP contribution < -0.4 is 5.32 Å². The second-order valence-corrected chi connectivity index (χ2v) is 5.83. The van der Waals surface area contributed by atoms with Gasteiger partial charge in [0.15, 0.2) is 0 Å². The van der Waals surface area contributed by atoms with Crippen LogP contribution in [0.4, 0.5) is 4.79 Å². The van der Waals surface area contributed by atoms with Crippen molar-refractivity contribution in [3.05, 3.63) is 0 Å². The van der Waals surface area contributed by atoms with E-state index in [2.05, 4.69) is 5.32 Å². The van der Waals surface area contributed by atoms with Gasteiger partial charge in [-0.15, -0.1) is 0 Å². The van der Waals surface area contributed by atoms with Crippen molar-refractivity contribution in [1.29, 1.82) is 0 Å². The Morgan fingerprint density at radius 3 is 2.53 bits per heavy atom. The molecule has 0 aromatic carbocycles. The highest BCUT2D eigenvalue weighted by molar-refractivity contribution is 5.68. The molecular formula is C13H25NO3. The van der Waals surface area contributed by atoms with Crippen LogP contribution in [0.2, 0.25) is 0 Å². The highest BCUT2D eigenvalue weighted by Gasteiger charge is 2.26. The van der Waals surface area contributed by atoms with Crippen molar-refractivity contribution in [3.8, 4) is 0 Å². The van der Waals surface area contributed by atoms with Crippen molar-refractivity contribution in [3.63, 3.8) is 0 Å². The molecule has 0 aromatic rings. The molecule has 1 aliphatic rings. The van der Waals surface area contributed by atoms with Crippen molar-refractivity contribution in [2.45, 2.75) is 64.5 Å². The van der Waals surface area contributed by atoms with Crippen molar-refractivity contribution in [1.82, 2.24) is 5.32 Å². The number of hydrogen-bond acceptors (Lipinski definition) is 3. The van der Waals surface area contributed by atoms with Crippen LogP contribution in [0.5, 0.6) is 0 Å². The molecular weight excluding hydrogens is 218 g/mol. The van der Waals surface area contributed by atoms with Gasteiger partial charge in [0, 0.05) is 18.6 Å². The van der Waals surface area contributed by atoms with Gasteiger partial charge in [-0.3, -0.25) is 0 Å². The molecule has 0 radical (unpaired) electrons. The molecule has 0 bridgehead atoms. The number of nitrogens with one attached hydrogen (secondary N) is 1. The molecule has 1 saturated carbocycles. The molecule has 2 N–H and O–H groups in total. The Morgan fingerprint density at radius 1 is 1.29 bits per heavy atom. The number of hydrogen-bond donors (Lipinski definition) is 2. The van der Waals surface area contributed by atoms with Crippen molar-refractivity contribution in [2.75, 3.05) is 6.61 Å². The van der Waals surface area contributed by atoms with Gasteiger partial charge in [0.1, 0.15) is 5.60 Å². The lowest BCUT2D eigenvalue weighted by Gasteiger charge is -2.27. The van der Waals surface area contributed by atoms with Crippen LogP contribution in [0.15, 0.2) is 0 Å². The monoisotopic (exact) mass is 243 g/mol. The van der Waals surface area contributed by atoms with Crippen molar-refractivity contribution < 1.29 is 14.6 Å². The van der Waals surface area contributed by atoms with Gasteiger partial charge >= 0.3 is 6.09 Å². The predicted octanol–water partition coefficient (Wildman–Crippen LogP) is 2.45. The maximum absolute atomic E-state index is 11.7. The fourth-order valence-corrected chi connectivity index (χ4v) is 2.25. The minimum absolute atomic E-state index is 0.0531. The molecule has 1 rings (SSSR count). The second kappa shape index (κ2) is 6.24. The third-order valence-electron chi connectivity index (χ3n) is 3.10. The van der Waals surface area contributed by atoms with Crippen LogP contribution in [-0.4, -0.2) is 29.4 Å². The van der Waals surface area contributed by atoms with Crippen LogP contribution in [-0.2, 0) is 4.74 Å².